The van der Waals surface area contributed by atoms with Gasteiger partial charge >= 0.3 is 0 Å². The van der Waals surface area contributed by atoms with E-state index in [0.717, 1.165) is 23.1 Å². The molecular weight excluding hydrogens is 308 g/mol. The maximum atomic E-state index is 11.4. The quantitative estimate of drug-likeness (QED) is 0.446. The fraction of sp³-hybridized carbons (Fsp3) is 0.722. The minimum atomic E-state index is -0.344. The zero-order valence-electron chi connectivity index (χ0n) is 15.7. The van der Waals surface area contributed by atoms with Gasteiger partial charge in [-0.25, -0.2) is 0 Å². The van der Waals surface area contributed by atoms with E-state index in [-0.39, 0.29) is 24.2 Å². The molecule has 0 fully saturated rings. The second-order valence-corrected chi connectivity index (χ2v) is 7.45. The molecule has 1 atom stereocenters. The first-order valence-electron chi connectivity index (χ1n) is 8.45. The Labute approximate surface area is 145 Å². The van der Waals surface area contributed by atoms with Gasteiger partial charge in [0, 0.05) is 19.2 Å². The summed E-state index contributed by atoms with van der Waals surface area (Å²) in [5.74, 6) is 0.439. The molecular formula is C18H34N2O4. The molecule has 0 aliphatic rings. The molecule has 0 aromatic carbocycles. The van der Waals surface area contributed by atoms with Gasteiger partial charge in [0.2, 0.25) is 0 Å². The van der Waals surface area contributed by atoms with E-state index in [2.05, 4.69) is 33.0 Å². The van der Waals surface area contributed by atoms with Crippen molar-refractivity contribution in [2.75, 3.05) is 26.3 Å². The molecule has 1 unspecified atom stereocenters. The largest absolute Gasteiger partial charge is 0.425 e. The molecule has 6 heteroatoms. The van der Waals surface area contributed by atoms with E-state index in [9.17, 15) is 10.0 Å². The highest BCUT2D eigenvalue weighted by Crippen LogP contribution is 2.26. The molecule has 0 saturated carbocycles. The van der Waals surface area contributed by atoms with E-state index in [1.165, 1.54) is 6.07 Å². The van der Waals surface area contributed by atoms with Crippen LogP contribution in [0.5, 0.6) is 0 Å². The molecule has 1 aromatic heterocycles. The van der Waals surface area contributed by atoms with E-state index < -0.39 is 0 Å². The molecule has 1 heterocycles. The molecule has 24 heavy (non-hydrogen) atoms. The summed E-state index contributed by atoms with van der Waals surface area (Å²) in [5.41, 5.74) is 1.53. The third-order valence-corrected chi connectivity index (χ3v) is 3.32. The average molecular weight is 342 g/mol. The number of aryl methyl sites for hydroxylation is 1. The van der Waals surface area contributed by atoms with Crippen LogP contribution < -0.4 is 10.9 Å². The summed E-state index contributed by atoms with van der Waals surface area (Å²) in [6.07, 6.45) is 1.79. The molecule has 140 valence electrons. The van der Waals surface area contributed by atoms with Crippen LogP contribution in [-0.2, 0) is 6.42 Å². The standard InChI is InChI=1S/C14H23NO2.C4H11NO2/c1-10-6-12(15(17)13(16)8-10)7-11(2)9-14(3,4)5;6-3-1-5-2-4-7/h6,8,11,17H,7,9H2,1-5H3;5-7H,1-4H2. The van der Waals surface area contributed by atoms with E-state index in [1.807, 2.05) is 13.0 Å². The lowest BCUT2D eigenvalue weighted by Gasteiger charge is -2.23. The fourth-order valence-electron chi connectivity index (χ4n) is 2.67. The lowest BCUT2D eigenvalue weighted by Crippen LogP contribution is -2.23. The summed E-state index contributed by atoms with van der Waals surface area (Å²) in [7, 11) is 0. The Morgan fingerprint density at radius 3 is 2.17 bits per heavy atom. The Kier molecular flexibility index (Phi) is 10.6. The zero-order valence-corrected chi connectivity index (χ0v) is 15.7. The summed E-state index contributed by atoms with van der Waals surface area (Å²) in [6.45, 7) is 12.0. The van der Waals surface area contributed by atoms with Crippen LogP contribution >= 0.6 is 0 Å². The first-order chi connectivity index (χ1) is 11.1. The van der Waals surface area contributed by atoms with Crippen molar-refractivity contribution >= 4 is 0 Å². The van der Waals surface area contributed by atoms with Crippen molar-refractivity contribution in [3.05, 3.63) is 33.7 Å². The number of aromatic nitrogens is 1. The number of hydrogen-bond donors (Lipinski definition) is 4. The number of aliphatic hydroxyl groups excluding tert-OH is 2. The maximum absolute atomic E-state index is 11.4. The summed E-state index contributed by atoms with van der Waals surface area (Å²) >= 11 is 0. The third kappa shape index (κ3) is 10.4. The molecule has 0 saturated heterocycles. The second-order valence-electron chi connectivity index (χ2n) is 7.45. The third-order valence-electron chi connectivity index (χ3n) is 3.32. The normalized spacial score (nSPS) is 12.5. The lowest BCUT2D eigenvalue weighted by molar-refractivity contribution is 0.160. The molecule has 0 radical (unpaired) electrons. The van der Waals surface area contributed by atoms with Gasteiger partial charge in [0.15, 0.2) is 0 Å². The van der Waals surface area contributed by atoms with Crippen molar-refractivity contribution in [1.29, 1.82) is 0 Å². The molecule has 1 rings (SSSR count). The molecule has 0 amide bonds. The van der Waals surface area contributed by atoms with Gasteiger partial charge in [0.05, 0.1) is 18.9 Å². The van der Waals surface area contributed by atoms with Gasteiger partial charge in [-0.05, 0) is 42.7 Å². The minimum Gasteiger partial charge on any atom is -0.425 e. The van der Waals surface area contributed by atoms with Crippen molar-refractivity contribution < 1.29 is 15.4 Å². The Morgan fingerprint density at radius 2 is 1.71 bits per heavy atom. The van der Waals surface area contributed by atoms with Crippen molar-refractivity contribution in [2.45, 2.75) is 47.5 Å². The Hall–Kier alpha value is -1.37. The predicted octanol–water partition coefficient (Wildman–Crippen LogP) is 1.57. The van der Waals surface area contributed by atoms with Crippen molar-refractivity contribution in [1.82, 2.24) is 10.0 Å². The summed E-state index contributed by atoms with van der Waals surface area (Å²) < 4.78 is 0.770. The molecule has 6 nitrogen and oxygen atoms in total. The fourth-order valence-corrected chi connectivity index (χ4v) is 2.67. The van der Waals surface area contributed by atoms with Crippen LogP contribution in [0, 0.1) is 18.3 Å². The van der Waals surface area contributed by atoms with E-state index >= 15 is 0 Å². The predicted molar refractivity (Wildman–Crippen MR) is 96.6 cm³/mol. The van der Waals surface area contributed by atoms with Crippen LogP contribution in [0.1, 0.15) is 45.4 Å². The Bertz CT molecular complexity index is 517. The second kappa shape index (κ2) is 11.2. The van der Waals surface area contributed by atoms with E-state index in [0.29, 0.717) is 24.7 Å². The van der Waals surface area contributed by atoms with Gasteiger partial charge in [-0.3, -0.25) is 4.79 Å². The highest BCUT2D eigenvalue weighted by Gasteiger charge is 2.17. The molecule has 4 N–H and O–H groups in total. The smallest absolute Gasteiger partial charge is 0.283 e. The summed E-state index contributed by atoms with van der Waals surface area (Å²) in [4.78, 5) is 11.4. The number of hydrogen-bond acceptors (Lipinski definition) is 5. The van der Waals surface area contributed by atoms with Gasteiger partial charge in [-0.15, -0.1) is 0 Å². The topological polar surface area (TPSA) is 94.7 Å². The highest BCUT2D eigenvalue weighted by molar-refractivity contribution is 5.15. The van der Waals surface area contributed by atoms with Crippen LogP contribution in [0.15, 0.2) is 16.9 Å². The van der Waals surface area contributed by atoms with Crippen molar-refractivity contribution in [2.24, 2.45) is 11.3 Å². The molecule has 0 bridgehead atoms. The van der Waals surface area contributed by atoms with Gasteiger partial charge < -0.3 is 20.7 Å². The number of rotatable bonds is 7. The zero-order chi connectivity index (χ0) is 18.8. The van der Waals surface area contributed by atoms with Crippen LogP contribution in [0.25, 0.3) is 0 Å². The van der Waals surface area contributed by atoms with Crippen LogP contribution in [-0.4, -0.2) is 46.5 Å². The highest BCUT2D eigenvalue weighted by atomic mass is 16.5. The van der Waals surface area contributed by atoms with Crippen LogP contribution in [0.2, 0.25) is 0 Å². The summed E-state index contributed by atoms with van der Waals surface area (Å²) in [6, 6.07) is 3.32. The molecule has 0 aliphatic heterocycles. The van der Waals surface area contributed by atoms with Crippen LogP contribution in [0.3, 0.4) is 0 Å². The van der Waals surface area contributed by atoms with Crippen LogP contribution in [0.4, 0.5) is 0 Å². The minimum absolute atomic E-state index is 0.139. The molecule has 0 spiro atoms. The summed E-state index contributed by atoms with van der Waals surface area (Å²) in [5, 5.41) is 28.8. The number of nitrogens with one attached hydrogen (secondary N) is 1. The lowest BCUT2D eigenvalue weighted by atomic mass is 9.83. The van der Waals surface area contributed by atoms with Crippen molar-refractivity contribution in [3.8, 4) is 0 Å². The number of pyridine rings is 1. The first-order valence-corrected chi connectivity index (χ1v) is 8.45. The monoisotopic (exact) mass is 342 g/mol. The molecule has 0 aliphatic carbocycles. The average Bonchev–Trinajstić information content (AvgIpc) is 2.43. The SMILES string of the molecule is Cc1cc(CC(C)CC(C)(C)C)n(O)c(=O)c1.OCCNCCO. The van der Waals surface area contributed by atoms with Crippen molar-refractivity contribution in [3.63, 3.8) is 0 Å². The maximum Gasteiger partial charge on any atom is 0.283 e. The van der Waals surface area contributed by atoms with Gasteiger partial charge in [-0.2, -0.15) is 4.73 Å². The van der Waals surface area contributed by atoms with E-state index in [1.54, 1.807) is 0 Å². The number of nitrogens with zero attached hydrogens (tertiary/aromatic N) is 1. The first kappa shape index (κ1) is 22.6. The Balaban J connectivity index is 0.000000640. The molecule has 1 aromatic rings. The van der Waals surface area contributed by atoms with Gasteiger partial charge in [0.1, 0.15) is 0 Å². The van der Waals surface area contributed by atoms with Gasteiger partial charge in [0.25, 0.3) is 5.56 Å². The number of aliphatic hydroxyl groups is 2. The Morgan fingerprint density at radius 1 is 1.17 bits per heavy atom. The van der Waals surface area contributed by atoms with E-state index in [4.69, 9.17) is 10.2 Å². The van der Waals surface area contributed by atoms with Gasteiger partial charge in [-0.1, -0.05) is 27.7 Å².